The van der Waals surface area contributed by atoms with Crippen LogP contribution in [0, 0.1) is 0 Å². The summed E-state index contributed by atoms with van der Waals surface area (Å²) in [4.78, 5) is 22.6. The monoisotopic (exact) mass is 226 g/mol. The largest absolute Gasteiger partial charge is 0.298 e. The van der Waals surface area contributed by atoms with Crippen molar-refractivity contribution in [3.63, 3.8) is 0 Å². The second-order valence-electron chi connectivity index (χ2n) is 3.03. The number of ketones is 2. The van der Waals surface area contributed by atoms with E-state index in [0.29, 0.717) is 0 Å². The molecule has 1 rings (SSSR count). The van der Waals surface area contributed by atoms with Gasteiger partial charge in [0.25, 0.3) is 0 Å². The number of thiol groups is 1. The van der Waals surface area contributed by atoms with Gasteiger partial charge in [0.1, 0.15) is 0 Å². The number of carbonyl (C=O) groups excluding carboxylic acids is 2. The normalized spacial score (nSPS) is 12.4. The van der Waals surface area contributed by atoms with Crippen LogP contribution in [0.25, 0.3) is 0 Å². The third-order valence-corrected chi connectivity index (χ3v) is 2.92. The number of rotatable bonds is 4. The summed E-state index contributed by atoms with van der Waals surface area (Å²) in [5.74, 6) is -1.32. The van der Waals surface area contributed by atoms with Crippen LogP contribution in [0.3, 0.4) is 0 Å². The van der Waals surface area contributed by atoms with E-state index in [1.165, 1.54) is 12.1 Å². The Morgan fingerprint density at radius 1 is 1.13 bits per heavy atom. The molecule has 0 aliphatic heterocycles. The van der Waals surface area contributed by atoms with Crippen LogP contribution in [-0.4, -0.2) is 25.2 Å². The molecule has 0 spiro atoms. The van der Waals surface area contributed by atoms with E-state index >= 15 is 0 Å². The first-order chi connectivity index (χ1) is 7.04. The van der Waals surface area contributed by atoms with Gasteiger partial charge in [-0.15, -0.1) is 0 Å². The average molecular weight is 226 g/mol. The van der Waals surface area contributed by atoms with Gasteiger partial charge in [0.2, 0.25) is 0 Å². The quantitative estimate of drug-likeness (QED) is 0.459. The Balaban J connectivity index is 3.07. The Labute approximate surface area is 88.9 Å². The maximum Gasteiger partial charge on any atom is 0.188 e. The smallest absolute Gasteiger partial charge is 0.188 e. The van der Waals surface area contributed by atoms with Crippen LogP contribution in [-0.2, 0) is 15.5 Å². The van der Waals surface area contributed by atoms with E-state index in [2.05, 4.69) is 0 Å². The molecule has 1 aromatic carbocycles. The molecule has 0 saturated carbocycles. The van der Waals surface area contributed by atoms with Crippen LogP contribution in [0.5, 0.6) is 0 Å². The second-order valence-corrected chi connectivity index (χ2v) is 4.12. The lowest BCUT2D eigenvalue weighted by Gasteiger charge is -2.04. The van der Waals surface area contributed by atoms with Crippen LogP contribution in [0.15, 0.2) is 30.3 Å². The van der Waals surface area contributed by atoms with Crippen molar-refractivity contribution in [2.75, 3.05) is 0 Å². The molecule has 15 heavy (non-hydrogen) atoms. The zero-order valence-corrected chi connectivity index (χ0v) is 8.94. The van der Waals surface area contributed by atoms with Crippen LogP contribution in [0.1, 0.15) is 17.3 Å². The highest BCUT2D eigenvalue weighted by molar-refractivity contribution is 7.75. The SMILES string of the molecule is CC(=O)C(C(=O)c1ccccc1)[SH](=O)=O. The van der Waals surface area contributed by atoms with Gasteiger partial charge in [-0.3, -0.25) is 9.59 Å². The number of hydrogen-bond donors (Lipinski definition) is 1. The molecule has 0 heterocycles. The highest BCUT2D eigenvalue weighted by atomic mass is 32.2. The van der Waals surface area contributed by atoms with E-state index in [1.807, 2.05) is 0 Å². The van der Waals surface area contributed by atoms with Crippen molar-refractivity contribution in [1.29, 1.82) is 0 Å². The van der Waals surface area contributed by atoms with Gasteiger partial charge in [0, 0.05) is 5.56 Å². The fourth-order valence-corrected chi connectivity index (χ4v) is 1.83. The van der Waals surface area contributed by atoms with Crippen molar-refractivity contribution in [3.05, 3.63) is 35.9 Å². The zero-order valence-electron chi connectivity index (χ0n) is 8.04. The molecule has 1 aromatic rings. The van der Waals surface area contributed by atoms with Crippen molar-refractivity contribution in [2.24, 2.45) is 0 Å². The highest BCUT2D eigenvalue weighted by Gasteiger charge is 2.27. The molecular formula is C10H10O4S. The van der Waals surface area contributed by atoms with Gasteiger partial charge in [-0.05, 0) is 6.92 Å². The minimum absolute atomic E-state index is 0.233. The second kappa shape index (κ2) is 4.84. The van der Waals surface area contributed by atoms with Crippen molar-refractivity contribution in [3.8, 4) is 0 Å². The number of hydrogen-bond acceptors (Lipinski definition) is 4. The maximum atomic E-state index is 11.6. The molecule has 0 amide bonds. The molecule has 0 radical (unpaired) electrons. The van der Waals surface area contributed by atoms with Crippen molar-refractivity contribution in [1.82, 2.24) is 0 Å². The summed E-state index contributed by atoms with van der Waals surface area (Å²) in [6.07, 6.45) is 0. The third-order valence-electron chi connectivity index (χ3n) is 1.90. The minimum Gasteiger partial charge on any atom is -0.298 e. The molecule has 0 aromatic heterocycles. The summed E-state index contributed by atoms with van der Waals surface area (Å²) in [5, 5.41) is -1.55. The van der Waals surface area contributed by atoms with E-state index in [4.69, 9.17) is 0 Å². The Kier molecular flexibility index (Phi) is 3.74. The van der Waals surface area contributed by atoms with Crippen LogP contribution in [0.2, 0.25) is 0 Å². The topological polar surface area (TPSA) is 68.3 Å². The fraction of sp³-hybridized carbons (Fsp3) is 0.200. The minimum atomic E-state index is -3.07. The molecular weight excluding hydrogens is 216 g/mol. The van der Waals surface area contributed by atoms with Crippen LogP contribution >= 0.6 is 0 Å². The molecule has 0 bridgehead atoms. The first kappa shape index (κ1) is 11.6. The Hall–Kier alpha value is -1.49. The van der Waals surface area contributed by atoms with Gasteiger partial charge >= 0.3 is 0 Å². The summed E-state index contributed by atoms with van der Waals surface area (Å²) in [6.45, 7) is 1.09. The maximum absolute atomic E-state index is 11.6. The molecule has 0 aliphatic rings. The lowest BCUT2D eigenvalue weighted by Crippen LogP contribution is -2.29. The number of carbonyl (C=O) groups is 2. The van der Waals surface area contributed by atoms with E-state index in [1.54, 1.807) is 18.2 Å². The summed E-state index contributed by atoms with van der Waals surface area (Å²) in [7, 11) is -3.07. The Morgan fingerprint density at radius 3 is 2.07 bits per heavy atom. The van der Waals surface area contributed by atoms with Crippen molar-refractivity contribution >= 4 is 22.3 Å². The van der Waals surface area contributed by atoms with E-state index in [0.717, 1.165) is 6.92 Å². The number of benzene rings is 1. The molecule has 0 aliphatic carbocycles. The Bertz CT molecular complexity index is 440. The average Bonchev–Trinajstić information content (AvgIpc) is 2.18. The zero-order chi connectivity index (χ0) is 11.4. The summed E-state index contributed by atoms with van der Waals surface area (Å²) in [5.41, 5.74) is 0.233. The lowest BCUT2D eigenvalue weighted by molar-refractivity contribution is -0.115. The van der Waals surface area contributed by atoms with Gasteiger partial charge < -0.3 is 0 Å². The Morgan fingerprint density at radius 2 is 1.67 bits per heavy atom. The highest BCUT2D eigenvalue weighted by Crippen LogP contribution is 2.06. The van der Waals surface area contributed by atoms with Gasteiger partial charge in [-0.25, -0.2) is 8.42 Å². The van der Waals surface area contributed by atoms with Crippen molar-refractivity contribution < 1.29 is 18.0 Å². The molecule has 0 saturated heterocycles. The predicted molar refractivity (Wildman–Crippen MR) is 55.6 cm³/mol. The third kappa shape index (κ3) is 2.73. The molecule has 1 unspecified atom stereocenters. The summed E-state index contributed by atoms with van der Waals surface area (Å²) >= 11 is 0. The van der Waals surface area contributed by atoms with Gasteiger partial charge in [0.15, 0.2) is 27.5 Å². The first-order valence-corrected chi connectivity index (χ1v) is 5.52. The fourth-order valence-electron chi connectivity index (χ4n) is 1.19. The number of Topliss-reactive ketones (excluding diaryl/α,β-unsaturated/α-hetero) is 2. The van der Waals surface area contributed by atoms with Crippen LogP contribution in [0.4, 0.5) is 0 Å². The molecule has 5 heteroatoms. The first-order valence-electron chi connectivity index (χ1n) is 4.27. The molecule has 0 fully saturated rings. The lowest BCUT2D eigenvalue weighted by atomic mass is 10.1. The van der Waals surface area contributed by atoms with E-state index in [-0.39, 0.29) is 5.56 Å². The van der Waals surface area contributed by atoms with Crippen LogP contribution < -0.4 is 0 Å². The molecule has 4 nitrogen and oxygen atoms in total. The summed E-state index contributed by atoms with van der Waals surface area (Å²) in [6, 6.07) is 7.90. The van der Waals surface area contributed by atoms with Gasteiger partial charge in [-0.2, -0.15) is 0 Å². The molecule has 1 atom stereocenters. The van der Waals surface area contributed by atoms with Crippen molar-refractivity contribution in [2.45, 2.75) is 12.2 Å². The summed E-state index contributed by atoms with van der Waals surface area (Å²) < 4.78 is 21.5. The van der Waals surface area contributed by atoms with Gasteiger partial charge in [-0.1, -0.05) is 30.3 Å². The van der Waals surface area contributed by atoms with E-state index < -0.39 is 27.5 Å². The standard InChI is InChI=1S/C10H10O4S/c1-7(11)10(15(13)14)9(12)8-5-3-2-4-6-8/h2-6,10,15H,1H3. The van der Waals surface area contributed by atoms with E-state index in [9.17, 15) is 18.0 Å². The predicted octanol–water partition coefficient (Wildman–Crippen LogP) is 0.438. The molecule has 0 N–H and O–H groups in total. The molecule has 80 valence electrons. The van der Waals surface area contributed by atoms with Gasteiger partial charge in [0.05, 0.1) is 0 Å².